The summed E-state index contributed by atoms with van der Waals surface area (Å²) < 4.78 is 22.2. The Morgan fingerprint density at radius 1 is 1.10 bits per heavy atom. The van der Waals surface area contributed by atoms with Crippen LogP contribution >= 0.6 is 0 Å². The van der Waals surface area contributed by atoms with Crippen LogP contribution in [0.3, 0.4) is 0 Å². The van der Waals surface area contributed by atoms with E-state index >= 15 is 0 Å². The Morgan fingerprint density at radius 2 is 1.76 bits per heavy atom. The van der Waals surface area contributed by atoms with E-state index in [1.54, 1.807) is 7.11 Å². The van der Waals surface area contributed by atoms with Gasteiger partial charge in [-0.1, -0.05) is 30.3 Å². The minimum absolute atomic E-state index is 0.234. The molecule has 6 nitrogen and oxygen atoms in total. The van der Waals surface area contributed by atoms with Crippen molar-refractivity contribution in [3.05, 3.63) is 60.2 Å². The first-order valence-electron chi connectivity index (χ1n) is 9.95. The van der Waals surface area contributed by atoms with Gasteiger partial charge in [0.05, 0.1) is 26.4 Å². The number of carbonyl (C=O) groups excluding carboxylic acids is 1. The smallest absolute Gasteiger partial charge is 0.336 e. The zero-order valence-corrected chi connectivity index (χ0v) is 17.2. The Morgan fingerprint density at radius 3 is 2.34 bits per heavy atom. The van der Waals surface area contributed by atoms with Gasteiger partial charge >= 0.3 is 5.97 Å². The lowest BCUT2D eigenvalue weighted by Gasteiger charge is -2.35. The highest BCUT2D eigenvalue weighted by Gasteiger charge is 2.43. The number of ether oxygens (including phenoxy) is 4. The van der Waals surface area contributed by atoms with Crippen LogP contribution in [0, 0.1) is 0 Å². The van der Waals surface area contributed by atoms with Gasteiger partial charge < -0.3 is 24.3 Å². The SMILES string of the molecule is COc1ccc(N[C@](CCC2OCCO2)(C(=O)OC(C)C)c2ccccc2)cc1. The second-order valence-electron chi connectivity index (χ2n) is 7.29. The summed E-state index contributed by atoms with van der Waals surface area (Å²) in [5.74, 6) is 0.422. The van der Waals surface area contributed by atoms with Crippen LogP contribution in [0.5, 0.6) is 5.75 Å². The van der Waals surface area contributed by atoms with E-state index in [1.165, 1.54) is 0 Å². The molecular weight excluding hydrogens is 370 g/mol. The van der Waals surface area contributed by atoms with Gasteiger partial charge in [0.1, 0.15) is 5.75 Å². The van der Waals surface area contributed by atoms with E-state index in [2.05, 4.69) is 5.32 Å². The van der Waals surface area contributed by atoms with Crippen LogP contribution in [-0.2, 0) is 24.5 Å². The van der Waals surface area contributed by atoms with Crippen molar-refractivity contribution < 1.29 is 23.7 Å². The highest BCUT2D eigenvalue weighted by molar-refractivity contribution is 5.86. The second kappa shape index (κ2) is 9.76. The van der Waals surface area contributed by atoms with E-state index in [0.717, 1.165) is 17.0 Å². The van der Waals surface area contributed by atoms with Crippen molar-refractivity contribution >= 4 is 11.7 Å². The average Bonchev–Trinajstić information content (AvgIpc) is 3.25. The van der Waals surface area contributed by atoms with Gasteiger partial charge in [-0.25, -0.2) is 4.79 Å². The summed E-state index contributed by atoms with van der Waals surface area (Å²) >= 11 is 0. The lowest BCUT2D eigenvalue weighted by molar-refractivity contribution is -0.154. The molecule has 1 N–H and O–H groups in total. The van der Waals surface area contributed by atoms with Gasteiger partial charge in [0, 0.05) is 12.1 Å². The number of hydrogen-bond acceptors (Lipinski definition) is 6. The molecule has 2 aromatic rings. The van der Waals surface area contributed by atoms with Crippen molar-refractivity contribution in [2.45, 2.75) is 44.6 Å². The molecule has 1 saturated heterocycles. The third-order valence-corrected chi connectivity index (χ3v) is 4.85. The molecule has 3 rings (SSSR count). The molecule has 0 amide bonds. The molecule has 1 heterocycles. The third kappa shape index (κ3) is 5.28. The van der Waals surface area contributed by atoms with Crippen molar-refractivity contribution in [1.29, 1.82) is 0 Å². The minimum Gasteiger partial charge on any atom is -0.497 e. The molecule has 1 aliphatic rings. The molecule has 0 saturated carbocycles. The number of esters is 1. The van der Waals surface area contributed by atoms with Gasteiger partial charge in [-0.05, 0) is 50.1 Å². The van der Waals surface area contributed by atoms with E-state index in [0.29, 0.717) is 26.1 Å². The maximum absolute atomic E-state index is 13.4. The number of rotatable bonds is 9. The lowest BCUT2D eigenvalue weighted by Crippen LogP contribution is -2.46. The summed E-state index contributed by atoms with van der Waals surface area (Å²) in [7, 11) is 1.62. The van der Waals surface area contributed by atoms with Crippen LogP contribution in [0.4, 0.5) is 5.69 Å². The van der Waals surface area contributed by atoms with Crippen LogP contribution in [0.15, 0.2) is 54.6 Å². The highest BCUT2D eigenvalue weighted by atomic mass is 16.7. The molecular formula is C23H29NO5. The zero-order valence-electron chi connectivity index (χ0n) is 17.2. The molecule has 1 aliphatic heterocycles. The molecule has 1 atom stereocenters. The molecule has 1 fully saturated rings. The Kier molecular flexibility index (Phi) is 7.12. The molecule has 0 radical (unpaired) electrons. The fourth-order valence-corrected chi connectivity index (χ4v) is 3.42. The van der Waals surface area contributed by atoms with Gasteiger partial charge in [-0.3, -0.25) is 0 Å². The third-order valence-electron chi connectivity index (χ3n) is 4.85. The van der Waals surface area contributed by atoms with E-state index in [4.69, 9.17) is 18.9 Å². The maximum atomic E-state index is 13.4. The monoisotopic (exact) mass is 399 g/mol. The van der Waals surface area contributed by atoms with Gasteiger partial charge in [0.25, 0.3) is 0 Å². The molecule has 156 valence electrons. The van der Waals surface area contributed by atoms with E-state index in [1.807, 2.05) is 68.4 Å². The Bertz CT molecular complexity index is 772. The minimum atomic E-state index is -1.07. The number of methoxy groups -OCH3 is 1. The number of benzene rings is 2. The van der Waals surface area contributed by atoms with Crippen molar-refractivity contribution in [3.8, 4) is 5.75 Å². The topological polar surface area (TPSA) is 66.0 Å². The molecule has 0 bridgehead atoms. The van der Waals surface area contributed by atoms with E-state index in [-0.39, 0.29) is 18.4 Å². The number of nitrogens with one attached hydrogen (secondary N) is 1. The van der Waals surface area contributed by atoms with Gasteiger partial charge in [-0.2, -0.15) is 0 Å². The van der Waals surface area contributed by atoms with Crippen LogP contribution in [0.2, 0.25) is 0 Å². The fourth-order valence-electron chi connectivity index (χ4n) is 3.42. The fraction of sp³-hybridized carbons (Fsp3) is 0.435. The summed E-state index contributed by atoms with van der Waals surface area (Å²) in [5.41, 5.74) is 0.554. The van der Waals surface area contributed by atoms with Gasteiger partial charge in [0.15, 0.2) is 11.8 Å². The summed E-state index contributed by atoms with van der Waals surface area (Å²) in [6.45, 7) is 4.85. The number of carbonyl (C=O) groups is 1. The molecule has 6 heteroatoms. The average molecular weight is 399 g/mol. The molecule has 29 heavy (non-hydrogen) atoms. The van der Waals surface area contributed by atoms with Crippen molar-refractivity contribution in [2.24, 2.45) is 0 Å². The van der Waals surface area contributed by atoms with E-state index in [9.17, 15) is 4.79 Å². The Labute approximate surface area is 172 Å². The summed E-state index contributed by atoms with van der Waals surface area (Å²) in [6, 6.07) is 17.1. The Hall–Kier alpha value is -2.57. The quantitative estimate of drug-likeness (QED) is 0.640. The first kappa shape index (κ1) is 21.1. The van der Waals surface area contributed by atoms with Crippen molar-refractivity contribution in [3.63, 3.8) is 0 Å². The Balaban J connectivity index is 1.97. The maximum Gasteiger partial charge on any atom is 0.336 e. The predicted octanol–water partition coefficient (Wildman–Crippen LogP) is 4.11. The van der Waals surface area contributed by atoms with Crippen LogP contribution in [-0.4, -0.2) is 38.7 Å². The normalized spacial score (nSPS) is 16.4. The molecule has 2 aromatic carbocycles. The zero-order chi connectivity index (χ0) is 20.7. The first-order chi connectivity index (χ1) is 14.0. The van der Waals surface area contributed by atoms with Crippen LogP contribution < -0.4 is 10.1 Å². The van der Waals surface area contributed by atoms with Gasteiger partial charge in [0.2, 0.25) is 0 Å². The van der Waals surface area contributed by atoms with Gasteiger partial charge in [-0.15, -0.1) is 0 Å². The summed E-state index contributed by atoms with van der Waals surface area (Å²) in [5, 5.41) is 3.45. The lowest BCUT2D eigenvalue weighted by atomic mass is 9.84. The molecule has 0 spiro atoms. The van der Waals surface area contributed by atoms with Crippen molar-refractivity contribution in [2.75, 3.05) is 25.6 Å². The summed E-state index contributed by atoms with van der Waals surface area (Å²) in [4.78, 5) is 13.4. The predicted molar refractivity (Wildman–Crippen MR) is 111 cm³/mol. The standard InChI is InChI=1S/C23H29NO5/c1-17(2)29-22(25)23(18-7-5-4-6-8-18,14-13-21-27-15-16-28-21)24-19-9-11-20(26-3)12-10-19/h4-12,17,21,24H,13-16H2,1-3H3/t23-/m0/s1. The first-order valence-corrected chi connectivity index (χ1v) is 9.95. The number of anilines is 1. The molecule has 0 aromatic heterocycles. The van der Waals surface area contributed by atoms with Crippen molar-refractivity contribution in [1.82, 2.24) is 0 Å². The number of hydrogen-bond donors (Lipinski definition) is 1. The van der Waals surface area contributed by atoms with E-state index < -0.39 is 5.54 Å². The molecule has 0 aliphatic carbocycles. The molecule has 0 unspecified atom stereocenters. The largest absolute Gasteiger partial charge is 0.497 e. The second-order valence-corrected chi connectivity index (χ2v) is 7.29. The summed E-state index contributed by atoms with van der Waals surface area (Å²) in [6.07, 6.45) is 0.467. The highest BCUT2D eigenvalue weighted by Crippen LogP contribution is 2.35. The van der Waals surface area contributed by atoms with Crippen LogP contribution in [0.25, 0.3) is 0 Å². The van der Waals surface area contributed by atoms with Crippen LogP contribution in [0.1, 0.15) is 32.3 Å².